The number of aromatic nitrogens is 6. The summed E-state index contributed by atoms with van der Waals surface area (Å²) in [6, 6.07) is -0.325. The maximum Gasteiger partial charge on any atom is 0.249 e. The van der Waals surface area contributed by atoms with Crippen molar-refractivity contribution in [3.8, 4) is 0 Å². The molecule has 0 radical (unpaired) electrons. The second kappa shape index (κ2) is 4.72. The number of aryl methyl sites for hydroxylation is 2. The predicted molar refractivity (Wildman–Crippen MR) is 74.9 cm³/mol. The third-order valence-electron chi connectivity index (χ3n) is 3.86. The molecule has 2 atom stereocenters. The van der Waals surface area contributed by atoms with Crippen molar-refractivity contribution in [2.45, 2.75) is 25.6 Å². The van der Waals surface area contributed by atoms with Gasteiger partial charge in [-0.3, -0.25) is 4.68 Å². The smallest absolute Gasteiger partial charge is 0.249 e. The lowest BCUT2D eigenvalue weighted by molar-refractivity contribution is 0.325. The number of anilines is 1. The van der Waals surface area contributed by atoms with Gasteiger partial charge in [0.1, 0.15) is 24.4 Å². The predicted octanol–water partition coefficient (Wildman–Crippen LogP) is 1.34. The van der Waals surface area contributed by atoms with Crippen LogP contribution >= 0.6 is 0 Å². The molecule has 1 fully saturated rings. The van der Waals surface area contributed by atoms with Crippen LogP contribution in [0.5, 0.6) is 0 Å². The second-order valence-electron chi connectivity index (χ2n) is 5.38. The van der Waals surface area contributed by atoms with Crippen molar-refractivity contribution in [3.05, 3.63) is 24.2 Å². The second-order valence-corrected chi connectivity index (χ2v) is 5.38. The van der Waals surface area contributed by atoms with E-state index in [9.17, 15) is 4.39 Å². The molecule has 3 aromatic heterocycles. The first-order valence-corrected chi connectivity index (χ1v) is 6.97. The van der Waals surface area contributed by atoms with E-state index in [1.54, 1.807) is 24.9 Å². The number of hydrogen-bond donors (Lipinski definition) is 0. The lowest BCUT2D eigenvalue weighted by atomic mass is 10.2. The molecule has 0 saturated carbocycles. The Balaban J connectivity index is 1.81. The largest absolute Gasteiger partial charge is 0.341 e. The van der Waals surface area contributed by atoms with Crippen molar-refractivity contribution in [2.24, 2.45) is 7.05 Å². The van der Waals surface area contributed by atoms with Crippen molar-refractivity contribution in [1.82, 2.24) is 29.9 Å². The highest BCUT2D eigenvalue weighted by Crippen LogP contribution is 2.38. The molecule has 0 unspecified atom stereocenters. The molecule has 0 amide bonds. The number of fused-ring (bicyclic) bond motifs is 1. The molecule has 1 saturated heterocycles. The summed E-state index contributed by atoms with van der Waals surface area (Å²) in [6.07, 6.45) is 2.47. The molecule has 1 aliphatic rings. The molecule has 1 aliphatic heterocycles. The van der Waals surface area contributed by atoms with Gasteiger partial charge in [-0.05, 0) is 6.92 Å². The van der Waals surface area contributed by atoms with E-state index in [0.717, 1.165) is 5.39 Å². The van der Waals surface area contributed by atoms with Gasteiger partial charge in [0.25, 0.3) is 0 Å². The fourth-order valence-corrected chi connectivity index (χ4v) is 2.88. The molecule has 0 N–H and O–H groups in total. The number of rotatable bonds is 2. The Bertz CT molecular complexity index is 829. The minimum absolute atomic E-state index is 0.229. The molecule has 9 heteroatoms. The van der Waals surface area contributed by atoms with Crippen LogP contribution in [0.15, 0.2) is 17.0 Å². The molecule has 0 aromatic carbocycles. The van der Waals surface area contributed by atoms with Gasteiger partial charge in [-0.1, -0.05) is 5.16 Å². The summed E-state index contributed by atoms with van der Waals surface area (Å²) in [7, 11) is 1.81. The fourth-order valence-electron chi connectivity index (χ4n) is 2.88. The Hall–Kier alpha value is -2.58. The van der Waals surface area contributed by atoms with E-state index in [-0.39, 0.29) is 12.6 Å². The van der Waals surface area contributed by atoms with Gasteiger partial charge in [0.05, 0.1) is 18.1 Å². The summed E-state index contributed by atoms with van der Waals surface area (Å²) in [5.41, 5.74) is 0.702. The van der Waals surface area contributed by atoms with Gasteiger partial charge in [0.2, 0.25) is 5.89 Å². The summed E-state index contributed by atoms with van der Waals surface area (Å²) in [4.78, 5) is 14.6. The molecular formula is C13H14FN7O. The number of hydrogen-bond acceptors (Lipinski definition) is 7. The van der Waals surface area contributed by atoms with E-state index in [1.165, 1.54) is 6.33 Å². The maximum absolute atomic E-state index is 14.0. The van der Waals surface area contributed by atoms with Crippen LogP contribution in [0.3, 0.4) is 0 Å². The Morgan fingerprint density at radius 1 is 1.36 bits per heavy atom. The van der Waals surface area contributed by atoms with Gasteiger partial charge >= 0.3 is 0 Å². The van der Waals surface area contributed by atoms with E-state index in [0.29, 0.717) is 29.6 Å². The van der Waals surface area contributed by atoms with E-state index in [2.05, 4.69) is 25.2 Å². The number of alkyl halides is 1. The molecule has 8 nitrogen and oxygen atoms in total. The SMILES string of the molecule is Cc1noc([C@@H]2C[C@@H](F)CN2c2ncnc3c2cnn3C)n1. The van der Waals surface area contributed by atoms with Crippen LogP contribution in [0.25, 0.3) is 11.0 Å². The van der Waals surface area contributed by atoms with Crippen LogP contribution in [-0.2, 0) is 7.05 Å². The summed E-state index contributed by atoms with van der Waals surface area (Å²) >= 11 is 0. The van der Waals surface area contributed by atoms with Crippen LogP contribution in [-0.4, -0.2) is 42.6 Å². The first-order valence-electron chi connectivity index (χ1n) is 6.97. The third-order valence-corrected chi connectivity index (χ3v) is 3.86. The maximum atomic E-state index is 14.0. The van der Waals surface area contributed by atoms with Gasteiger partial charge in [0, 0.05) is 13.5 Å². The first-order chi connectivity index (χ1) is 10.6. The zero-order valence-electron chi connectivity index (χ0n) is 12.1. The van der Waals surface area contributed by atoms with Crippen LogP contribution in [0.2, 0.25) is 0 Å². The van der Waals surface area contributed by atoms with Crippen molar-refractivity contribution in [3.63, 3.8) is 0 Å². The summed E-state index contributed by atoms with van der Waals surface area (Å²) in [5, 5.41) is 8.77. The van der Waals surface area contributed by atoms with Gasteiger partial charge in [-0.15, -0.1) is 0 Å². The molecule has 22 heavy (non-hydrogen) atoms. The molecule has 3 aromatic rings. The van der Waals surface area contributed by atoms with E-state index >= 15 is 0 Å². The molecular weight excluding hydrogens is 289 g/mol. The van der Waals surface area contributed by atoms with Crippen molar-refractivity contribution < 1.29 is 8.91 Å². The van der Waals surface area contributed by atoms with Crippen LogP contribution in [0.4, 0.5) is 10.2 Å². The standard InChI is InChI=1S/C13H14FN7O/c1-7-18-13(22-19-7)10-3-8(14)5-21(10)12-9-4-17-20(2)11(9)15-6-16-12/h4,6,8,10H,3,5H2,1-2H3/t8-,10+/m1/s1. The molecule has 4 heterocycles. The summed E-state index contributed by atoms with van der Waals surface area (Å²) in [5.74, 6) is 1.58. The summed E-state index contributed by atoms with van der Waals surface area (Å²) in [6.45, 7) is 1.97. The van der Waals surface area contributed by atoms with Crippen molar-refractivity contribution >= 4 is 16.9 Å². The first kappa shape index (κ1) is 13.1. The molecule has 0 spiro atoms. The normalized spacial score (nSPS) is 21.9. The quantitative estimate of drug-likeness (QED) is 0.706. The van der Waals surface area contributed by atoms with E-state index < -0.39 is 6.17 Å². The average molecular weight is 303 g/mol. The highest BCUT2D eigenvalue weighted by molar-refractivity contribution is 5.86. The number of nitrogens with zero attached hydrogens (tertiary/aromatic N) is 7. The van der Waals surface area contributed by atoms with Crippen LogP contribution in [0, 0.1) is 6.92 Å². The minimum Gasteiger partial charge on any atom is -0.341 e. The van der Waals surface area contributed by atoms with Gasteiger partial charge < -0.3 is 9.42 Å². The minimum atomic E-state index is -0.973. The lowest BCUT2D eigenvalue weighted by Gasteiger charge is -2.22. The van der Waals surface area contributed by atoms with Crippen molar-refractivity contribution in [2.75, 3.05) is 11.4 Å². The van der Waals surface area contributed by atoms with E-state index in [1.807, 2.05) is 4.90 Å². The Labute approximate surface area is 125 Å². The Morgan fingerprint density at radius 2 is 2.23 bits per heavy atom. The Morgan fingerprint density at radius 3 is 3.00 bits per heavy atom. The van der Waals surface area contributed by atoms with Crippen LogP contribution < -0.4 is 4.90 Å². The van der Waals surface area contributed by atoms with Gasteiger partial charge in [-0.2, -0.15) is 10.1 Å². The topological polar surface area (TPSA) is 85.8 Å². The fraction of sp³-hybridized carbons (Fsp3) is 0.462. The van der Waals surface area contributed by atoms with E-state index in [4.69, 9.17) is 4.52 Å². The van der Waals surface area contributed by atoms with Gasteiger partial charge in [-0.25, -0.2) is 14.4 Å². The highest BCUT2D eigenvalue weighted by Gasteiger charge is 2.38. The Kier molecular flexibility index (Phi) is 2.81. The molecule has 114 valence electrons. The highest BCUT2D eigenvalue weighted by atomic mass is 19.1. The van der Waals surface area contributed by atoms with Gasteiger partial charge in [0.15, 0.2) is 11.5 Å². The lowest BCUT2D eigenvalue weighted by Crippen LogP contribution is -2.25. The zero-order valence-corrected chi connectivity index (χ0v) is 12.1. The van der Waals surface area contributed by atoms with Crippen LogP contribution in [0.1, 0.15) is 24.2 Å². The average Bonchev–Trinajstić information content (AvgIpc) is 3.18. The number of halogens is 1. The molecule has 0 bridgehead atoms. The monoisotopic (exact) mass is 303 g/mol. The zero-order chi connectivity index (χ0) is 15.3. The molecule has 0 aliphatic carbocycles. The summed E-state index contributed by atoms with van der Waals surface area (Å²) < 4.78 is 20.9. The van der Waals surface area contributed by atoms with Crippen molar-refractivity contribution in [1.29, 1.82) is 0 Å². The third kappa shape index (κ3) is 1.92. The molecule has 4 rings (SSSR count).